The zero-order valence-electron chi connectivity index (χ0n) is 15.7. The second kappa shape index (κ2) is 8.36. The van der Waals surface area contributed by atoms with Gasteiger partial charge in [0.1, 0.15) is 11.3 Å². The van der Waals surface area contributed by atoms with Crippen molar-refractivity contribution < 1.29 is 9.18 Å². The molecule has 0 saturated carbocycles. The van der Waals surface area contributed by atoms with E-state index in [2.05, 4.69) is 15.3 Å². The van der Waals surface area contributed by atoms with Crippen molar-refractivity contribution in [1.82, 2.24) is 14.5 Å². The third-order valence-electron chi connectivity index (χ3n) is 4.35. The fraction of sp³-hybridized carbons (Fsp3) is 0.316. The van der Waals surface area contributed by atoms with Crippen molar-refractivity contribution in [2.24, 2.45) is 0 Å². The Morgan fingerprint density at radius 2 is 2.18 bits per heavy atom. The number of H-pyrrole nitrogens is 1. The Balaban J connectivity index is 1.83. The molecule has 1 aromatic carbocycles. The fourth-order valence-electron chi connectivity index (χ4n) is 2.76. The topological polar surface area (TPSA) is 79.8 Å². The molecule has 1 amide bonds. The summed E-state index contributed by atoms with van der Waals surface area (Å²) in [5, 5.41) is 3.09. The van der Waals surface area contributed by atoms with Crippen molar-refractivity contribution in [1.29, 1.82) is 0 Å². The molecule has 0 bridgehead atoms. The van der Waals surface area contributed by atoms with Crippen molar-refractivity contribution in [2.75, 3.05) is 11.1 Å². The summed E-state index contributed by atoms with van der Waals surface area (Å²) >= 11 is 6.92. The van der Waals surface area contributed by atoms with E-state index in [0.29, 0.717) is 21.9 Å². The highest BCUT2D eigenvalue weighted by Gasteiger charge is 2.18. The third kappa shape index (κ3) is 4.23. The summed E-state index contributed by atoms with van der Waals surface area (Å²) in [5.74, 6) is -0.804. The van der Waals surface area contributed by atoms with E-state index >= 15 is 0 Å². The van der Waals surface area contributed by atoms with Crippen molar-refractivity contribution in [2.45, 2.75) is 38.4 Å². The monoisotopic (exact) mass is 422 g/mol. The lowest BCUT2D eigenvalue weighted by Crippen LogP contribution is -2.26. The van der Waals surface area contributed by atoms with Gasteiger partial charge in [-0.2, -0.15) is 0 Å². The van der Waals surface area contributed by atoms with Crippen molar-refractivity contribution in [3.63, 3.8) is 0 Å². The van der Waals surface area contributed by atoms with E-state index in [9.17, 15) is 14.0 Å². The van der Waals surface area contributed by atoms with Crippen LogP contribution < -0.4 is 10.9 Å². The molecule has 0 spiro atoms. The highest BCUT2D eigenvalue weighted by molar-refractivity contribution is 7.99. The average Bonchev–Trinajstić information content (AvgIpc) is 3.03. The van der Waals surface area contributed by atoms with E-state index in [-0.39, 0.29) is 28.3 Å². The van der Waals surface area contributed by atoms with Gasteiger partial charge in [-0.25, -0.2) is 9.37 Å². The molecular formula is C19H20ClFN4O2S. The van der Waals surface area contributed by atoms with Gasteiger partial charge in [0.2, 0.25) is 5.91 Å². The first-order valence-electron chi connectivity index (χ1n) is 8.79. The molecule has 0 unspecified atom stereocenters. The van der Waals surface area contributed by atoms with E-state index in [4.69, 9.17) is 11.6 Å². The normalized spacial score (nSPS) is 12.3. The van der Waals surface area contributed by atoms with Gasteiger partial charge in [-0.3, -0.25) is 14.2 Å². The maximum Gasteiger partial charge on any atom is 0.278 e. The van der Waals surface area contributed by atoms with Crippen LogP contribution in [0.1, 0.15) is 32.0 Å². The number of amides is 1. The predicted octanol–water partition coefficient (Wildman–Crippen LogP) is 4.53. The van der Waals surface area contributed by atoms with E-state index < -0.39 is 5.82 Å². The van der Waals surface area contributed by atoms with Crippen LogP contribution in [0.15, 0.2) is 34.2 Å². The van der Waals surface area contributed by atoms with Gasteiger partial charge in [0.25, 0.3) is 5.56 Å². The smallest absolute Gasteiger partial charge is 0.278 e. The second-order valence-electron chi connectivity index (χ2n) is 6.51. The van der Waals surface area contributed by atoms with Gasteiger partial charge < -0.3 is 10.3 Å². The van der Waals surface area contributed by atoms with Crippen LogP contribution in [0.3, 0.4) is 0 Å². The van der Waals surface area contributed by atoms with Gasteiger partial charge in [0.15, 0.2) is 5.16 Å². The molecule has 28 heavy (non-hydrogen) atoms. The number of aryl methyl sites for hydroxylation is 1. The van der Waals surface area contributed by atoms with E-state index in [1.165, 1.54) is 30.0 Å². The standard InChI is InChI=1S/C19H20ClFN4O2S/c1-4-11(3)25-18(27)17-15(7-10(2)22-17)24-19(25)28-9-16(26)23-12-5-6-14(21)13(20)8-12/h5-8,11,22H,4,9H2,1-3H3,(H,23,26)/t11-/m1/s1. The van der Waals surface area contributed by atoms with Crippen LogP contribution in [-0.4, -0.2) is 26.2 Å². The minimum Gasteiger partial charge on any atom is -0.353 e. The Morgan fingerprint density at radius 1 is 1.43 bits per heavy atom. The Hall–Kier alpha value is -2.32. The zero-order chi connectivity index (χ0) is 20.4. The molecule has 0 saturated heterocycles. The highest BCUT2D eigenvalue weighted by atomic mass is 35.5. The minimum atomic E-state index is -0.550. The van der Waals surface area contributed by atoms with Crippen LogP contribution in [0.5, 0.6) is 0 Å². The second-order valence-corrected chi connectivity index (χ2v) is 7.85. The predicted molar refractivity (Wildman–Crippen MR) is 111 cm³/mol. The van der Waals surface area contributed by atoms with Gasteiger partial charge in [0, 0.05) is 17.4 Å². The molecule has 0 aliphatic rings. The third-order valence-corrected chi connectivity index (χ3v) is 5.60. The van der Waals surface area contributed by atoms with Crippen LogP contribution in [0.2, 0.25) is 5.02 Å². The van der Waals surface area contributed by atoms with Crippen LogP contribution in [-0.2, 0) is 4.79 Å². The number of carbonyl (C=O) groups is 1. The quantitative estimate of drug-likeness (QED) is 0.452. The molecular weight excluding hydrogens is 403 g/mol. The number of carbonyl (C=O) groups excluding carboxylic acids is 1. The Morgan fingerprint density at radius 3 is 2.86 bits per heavy atom. The molecule has 1 atom stereocenters. The maximum atomic E-state index is 13.2. The van der Waals surface area contributed by atoms with E-state index in [1.807, 2.05) is 26.8 Å². The SMILES string of the molecule is CC[C@@H](C)n1c(SCC(=O)Nc2ccc(F)c(Cl)c2)nc2cc(C)[nH]c2c1=O. The first-order chi connectivity index (χ1) is 13.3. The first-order valence-corrected chi connectivity index (χ1v) is 10.2. The molecule has 0 radical (unpaired) electrons. The zero-order valence-corrected chi connectivity index (χ0v) is 17.2. The maximum absolute atomic E-state index is 13.2. The summed E-state index contributed by atoms with van der Waals surface area (Å²) in [6.07, 6.45) is 0.751. The van der Waals surface area contributed by atoms with Crippen molar-refractivity contribution in [3.05, 3.63) is 51.2 Å². The molecule has 148 valence electrons. The molecule has 6 nitrogen and oxygen atoms in total. The van der Waals surface area contributed by atoms with E-state index in [1.54, 1.807) is 4.57 Å². The molecule has 2 N–H and O–H groups in total. The number of fused-ring (bicyclic) bond motifs is 1. The number of halogens is 2. The Bertz CT molecular complexity index is 1100. The molecule has 9 heteroatoms. The Kier molecular flexibility index (Phi) is 6.10. The lowest BCUT2D eigenvalue weighted by molar-refractivity contribution is -0.113. The molecule has 0 aliphatic heterocycles. The van der Waals surface area contributed by atoms with Gasteiger partial charge in [-0.15, -0.1) is 0 Å². The number of anilines is 1. The summed E-state index contributed by atoms with van der Waals surface area (Å²) in [7, 11) is 0. The summed E-state index contributed by atoms with van der Waals surface area (Å²) in [4.78, 5) is 32.8. The van der Waals surface area contributed by atoms with Gasteiger partial charge in [-0.1, -0.05) is 30.3 Å². The summed E-state index contributed by atoms with van der Waals surface area (Å²) < 4.78 is 14.9. The molecule has 3 rings (SSSR count). The van der Waals surface area contributed by atoms with Crippen LogP contribution in [0.4, 0.5) is 10.1 Å². The first kappa shape index (κ1) is 20.4. The van der Waals surface area contributed by atoms with Crippen LogP contribution >= 0.6 is 23.4 Å². The number of thioether (sulfide) groups is 1. The number of rotatable bonds is 6. The number of nitrogens with one attached hydrogen (secondary N) is 2. The summed E-state index contributed by atoms with van der Waals surface area (Å²) in [6.45, 7) is 5.79. The Labute approximate surface area is 170 Å². The van der Waals surface area contributed by atoms with Gasteiger partial charge >= 0.3 is 0 Å². The van der Waals surface area contributed by atoms with Gasteiger partial charge in [0.05, 0.1) is 16.3 Å². The number of benzene rings is 1. The highest BCUT2D eigenvalue weighted by Crippen LogP contribution is 2.24. The van der Waals surface area contributed by atoms with E-state index in [0.717, 1.165) is 12.1 Å². The molecule has 3 aromatic rings. The molecule has 2 aromatic heterocycles. The molecule has 0 aliphatic carbocycles. The summed E-state index contributed by atoms with van der Waals surface area (Å²) in [5.41, 5.74) is 2.15. The number of aromatic amines is 1. The van der Waals surface area contributed by atoms with Crippen LogP contribution in [0.25, 0.3) is 11.0 Å². The molecule has 2 heterocycles. The molecule has 0 fully saturated rings. The lowest BCUT2D eigenvalue weighted by Gasteiger charge is -2.17. The van der Waals surface area contributed by atoms with Crippen molar-refractivity contribution >= 4 is 46.0 Å². The average molecular weight is 423 g/mol. The van der Waals surface area contributed by atoms with Crippen LogP contribution in [0, 0.1) is 12.7 Å². The number of aromatic nitrogens is 3. The van der Waals surface area contributed by atoms with Crippen molar-refractivity contribution in [3.8, 4) is 0 Å². The lowest BCUT2D eigenvalue weighted by atomic mass is 10.2. The largest absolute Gasteiger partial charge is 0.353 e. The number of nitrogens with zero attached hydrogens (tertiary/aromatic N) is 2. The summed E-state index contributed by atoms with van der Waals surface area (Å²) in [6, 6.07) is 5.72. The minimum absolute atomic E-state index is 0.0484. The fourth-order valence-corrected chi connectivity index (χ4v) is 3.84. The number of hydrogen-bond acceptors (Lipinski definition) is 4. The number of hydrogen-bond donors (Lipinski definition) is 2. The van der Waals surface area contributed by atoms with Gasteiger partial charge in [-0.05, 0) is 44.5 Å².